The van der Waals surface area contributed by atoms with E-state index in [9.17, 15) is 0 Å². The summed E-state index contributed by atoms with van der Waals surface area (Å²) in [5.41, 5.74) is 1.65. The third-order valence-electron chi connectivity index (χ3n) is 4.07. The molecule has 3 heteroatoms. The average Bonchev–Trinajstić information content (AvgIpc) is 2.60. The molecular formula is C17H23BO2. The predicted molar refractivity (Wildman–Crippen MR) is 86.0 cm³/mol. The Hall–Kier alpha value is -1.32. The van der Waals surface area contributed by atoms with Gasteiger partial charge in [-0.05, 0) is 45.1 Å². The Morgan fingerprint density at radius 2 is 1.60 bits per heavy atom. The molecule has 1 aromatic carbocycles. The van der Waals surface area contributed by atoms with Crippen LogP contribution < -0.4 is 5.46 Å². The molecule has 20 heavy (non-hydrogen) atoms. The van der Waals surface area contributed by atoms with Gasteiger partial charge in [-0.25, -0.2) is 0 Å². The summed E-state index contributed by atoms with van der Waals surface area (Å²) in [6.07, 6.45) is 6.96. The van der Waals surface area contributed by atoms with Crippen molar-refractivity contribution < 1.29 is 9.31 Å². The van der Waals surface area contributed by atoms with E-state index in [0.717, 1.165) is 11.9 Å². The molecule has 2 nitrogen and oxygen atoms in total. The van der Waals surface area contributed by atoms with Crippen molar-refractivity contribution in [3.05, 3.63) is 48.6 Å². The zero-order chi connectivity index (χ0) is 14.8. The number of benzene rings is 1. The zero-order valence-corrected chi connectivity index (χ0v) is 12.8. The Balaban J connectivity index is 2.10. The summed E-state index contributed by atoms with van der Waals surface area (Å²) in [6, 6.07) is 8.30. The van der Waals surface area contributed by atoms with Gasteiger partial charge in [0, 0.05) is 0 Å². The van der Waals surface area contributed by atoms with Gasteiger partial charge in [-0.15, -0.1) is 6.58 Å². The molecular weight excluding hydrogens is 247 g/mol. The van der Waals surface area contributed by atoms with Crippen LogP contribution in [0.25, 0.3) is 6.08 Å². The van der Waals surface area contributed by atoms with Gasteiger partial charge in [0.25, 0.3) is 0 Å². The Morgan fingerprint density at radius 3 is 2.10 bits per heavy atom. The van der Waals surface area contributed by atoms with Crippen molar-refractivity contribution in [2.24, 2.45) is 0 Å². The van der Waals surface area contributed by atoms with E-state index in [1.807, 2.05) is 6.08 Å². The van der Waals surface area contributed by atoms with Gasteiger partial charge in [0.05, 0.1) is 11.2 Å². The summed E-state index contributed by atoms with van der Waals surface area (Å²) in [7, 11) is -0.286. The summed E-state index contributed by atoms with van der Waals surface area (Å²) in [4.78, 5) is 0. The highest BCUT2D eigenvalue weighted by Crippen LogP contribution is 2.36. The fourth-order valence-corrected chi connectivity index (χ4v) is 2.04. The lowest BCUT2D eigenvalue weighted by Gasteiger charge is -2.32. The summed E-state index contributed by atoms with van der Waals surface area (Å²) < 4.78 is 12.1. The number of hydrogen-bond acceptors (Lipinski definition) is 2. The van der Waals surface area contributed by atoms with Crippen molar-refractivity contribution in [2.75, 3.05) is 0 Å². The molecule has 2 rings (SSSR count). The second-order valence-corrected chi connectivity index (χ2v) is 6.18. The van der Waals surface area contributed by atoms with Gasteiger partial charge in [0.15, 0.2) is 0 Å². The van der Waals surface area contributed by atoms with Crippen LogP contribution in [0.2, 0.25) is 0 Å². The number of hydrogen-bond donors (Lipinski definition) is 0. The fraction of sp³-hybridized carbons (Fsp3) is 0.412. The lowest BCUT2D eigenvalue weighted by molar-refractivity contribution is 0.00578. The summed E-state index contributed by atoms with van der Waals surface area (Å²) in [6.45, 7) is 12.0. The minimum absolute atomic E-state index is 0.286. The van der Waals surface area contributed by atoms with Gasteiger partial charge in [-0.1, -0.05) is 42.5 Å². The topological polar surface area (TPSA) is 18.5 Å². The standard InChI is InChI=1S/C17H23BO2/c1-6-7-8-9-14-10-12-15(13-11-14)18-19-16(2,3)17(4,5)20-18/h6,8-13H,1,7H2,2-5H3/b9-8+. The maximum Gasteiger partial charge on any atom is 0.494 e. The fourth-order valence-electron chi connectivity index (χ4n) is 2.04. The van der Waals surface area contributed by atoms with E-state index < -0.39 is 0 Å². The van der Waals surface area contributed by atoms with Crippen molar-refractivity contribution in [1.82, 2.24) is 0 Å². The first-order valence-electron chi connectivity index (χ1n) is 7.09. The minimum Gasteiger partial charge on any atom is -0.399 e. The van der Waals surface area contributed by atoms with Crippen LogP contribution in [-0.2, 0) is 9.31 Å². The minimum atomic E-state index is -0.291. The molecule has 0 spiro atoms. The second kappa shape index (κ2) is 5.59. The van der Waals surface area contributed by atoms with Crippen LogP contribution >= 0.6 is 0 Å². The highest BCUT2D eigenvalue weighted by atomic mass is 16.7. The first-order chi connectivity index (χ1) is 9.36. The molecule has 0 atom stereocenters. The van der Waals surface area contributed by atoms with Crippen molar-refractivity contribution in [3.63, 3.8) is 0 Å². The van der Waals surface area contributed by atoms with Crippen LogP contribution in [0.3, 0.4) is 0 Å². The van der Waals surface area contributed by atoms with E-state index in [-0.39, 0.29) is 18.3 Å². The van der Waals surface area contributed by atoms with Gasteiger partial charge in [0.2, 0.25) is 0 Å². The van der Waals surface area contributed by atoms with Gasteiger partial charge in [-0.2, -0.15) is 0 Å². The Bertz CT molecular complexity index is 484. The van der Waals surface area contributed by atoms with Crippen LogP contribution in [0.15, 0.2) is 43.0 Å². The Morgan fingerprint density at radius 1 is 1.05 bits per heavy atom. The maximum atomic E-state index is 6.04. The molecule has 0 amide bonds. The summed E-state index contributed by atoms with van der Waals surface area (Å²) >= 11 is 0. The average molecular weight is 270 g/mol. The van der Waals surface area contributed by atoms with Crippen molar-refractivity contribution in [3.8, 4) is 0 Å². The van der Waals surface area contributed by atoms with E-state index in [1.54, 1.807) is 0 Å². The van der Waals surface area contributed by atoms with Crippen LogP contribution in [-0.4, -0.2) is 18.3 Å². The van der Waals surface area contributed by atoms with Gasteiger partial charge < -0.3 is 9.31 Å². The van der Waals surface area contributed by atoms with Gasteiger partial charge in [-0.3, -0.25) is 0 Å². The number of rotatable bonds is 4. The largest absolute Gasteiger partial charge is 0.494 e. The van der Waals surface area contributed by atoms with Crippen LogP contribution in [0.4, 0.5) is 0 Å². The highest BCUT2D eigenvalue weighted by Gasteiger charge is 2.51. The van der Waals surface area contributed by atoms with Crippen molar-refractivity contribution in [2.45, 2.75) is 45.3 Å². The molecule has 106 valence electrons. The Kier molecular flexibility index (Phi) is 4.21. The molecule has 1 aliphatic heterocycles. The van der Waals surface area contributed by atoms with E-state index >= 15 is 0 Å². The molecule has 1 fully saturated rings. The molecule has 1 aliphatic rings. The molecule has 0 aliphatic carbocycles. The number of allylic oxidation sites excluding steroid dienone is 2. The molecule has 0 saturated carbocycles. The molecule has 0 aromatic heterocycles. The molecule has 0 N–H and O–H groups in total. The van der Waals surface area contributed by atoms with Crippen molar-refractivity contribution in [1.29, 1.82) is 0 Å². The van der Waals surface area contributed by atoms with E-state index in [2.05, 4.69) is 70.7 Å². The smallest absolute Gasteiger partial charge is 0.399 e. The van der Waals surface area contributed by atoms with Crippen LogP contribution in [0.1, 0.15) is 39.7 Å². The zero-order valence-electron chi connectivity index (χ0n) is 12.8. The van der Waals surface area contributed by atoms with E-state index in [4.69, 9.17) is 9.31 Å². The third-order valence-corrected chi connectivity index (χ3v) is 4.07. The monoisotopic (exact) mass is 270 g/mol. The summed E-state index contributed by atoms with van der Waals surface area (Å²) in [5, 5.41) is 0. The molecule has 1 aromatic rings. The predicted octanol–water partition coefficient (Wildman–Crippen LogP) is 3.58. The molecule has 0 radical (unpaired) electrons. The van der Waals surface area contributed by atoms with E-state index in [1.165, 1.54) is 5.56 Å². The van der Waals surface area contributed by atoms with Gasteiger partial charge >= 0.3 is 7.12 Å². The van der Waals surface area contributed by atoms with Crippen LogP contribution in [0, 0.1) is 0 Å². The maximum absolute atomic E-state index is 6.04. The second-order valence-electron chi connectivity index (χ2n) is 6.18. The first-order valence-corrected chi connectivity index (χ1v) is 7.09. The summed E-state index contributed by atoms with van der Waals surface area (Å²) in [5.74, 6) is 0. The lowest BCUT2D eigenvalue weighted by atomic mass is 9.79. The highest BCUT2D eigenvalue weighted by molar-refractivity contribution is 6.62. The molecule has 0 unspecified atom stereocenters. The quantitative estimate of drug-likeness (QED) is 0.615. The van der Waals surface area contributed by atoms with Crippen LogP contribution in [0.5, 0.6) is 0 Å². The van der Waals surface area contributed by atoms with E-state index in [0.29, 0.717) is 0 Å². The molecule has 1 heterocycles. The third kappa shape index (κ3) is 3.05. The lowest BCUT2D eigenvalue weighted by Crippen LogP contribution is -2.41. The Labute approximate surface area is 122 Å². The first kappa shape index (κ1) is 15.1. The SMILES string of the molecule is C=CC/C=C/c1ccc(B2OC(C)(C)C(C)(C)O2)cc1. The molecule has 1 saturated heterocycles. The van der Waals surface area contributed by atoms with Crippen molar-refractivity contribution >= 4 is 18.7 Å². The van der Waals surface area contributed by atoms with Gasteiger partial charge in [0.1, 0.15) is 0 Å². The molecule has 0 bridgehead atoms. The normalized spacial score (nSPS) is 20.5.